The molecule has 76 valence electrons. The average molecular weight is 216 g/mol. The number of likely N-dealkylation sites (N-methyl/N-ethyl adjacent to an activating group) is 1. The van der Waals surface area contributed by atoms with Gasteiger partial charge in [-0.05, 0) is 24.6 Å². The maximum atomic E-state index is 13.2. The molecular weight excluding hydrogens is 205 g/mol. The Balaban J connectivity index is 3.08. The van der Waals surface area contributed by atoms with Crippen LogP contribution in [-0.2, 0) is 4.79 Å². The van der Waals surface area contributed by atoms with Crippen LogP contribution >= 0.6 is 11.6 Å². The van der Waals surface area contributed by atoms with Gasteiger partial charge in [0.05, 0.1) is 17.3 Å². The summed E-state index contributed by atoms with van der Waals surface area (Å²) in [4.78, 5) is 11.9. The standard InChI is InChI=1S/C10H11ClFNO/c1-7-5-8(11)10(6-9(7)12)13(2)3-4-14/h4-6H,3H2,1-2H3. The summed E-state index contributed by atoms with van der Waals surface area (Å²) in [5.74, 6) is -0.317. The number of aldehydes is 1. The molecule has 1 rings (SSSR count). The lowest BCUT2D eigenvalue weighted by atomic mass is 10.2. The number of benzene rings is 1. The number of hydrogen-bond acceptors (Lipinski definition) is 2. The Morgan fingerprint density at radius 2 is 2.21 bits per heavy atom. The molecule has 0 atom stereocenters. The molecule has 0 aliphatic heterocycles. The molecule has 0 saturated carbocycles. The van der Waals surface area contributed by atoms with Crippen LogP contribution < -0.4 is 4.90 Å². The maximum absolute atomic E-state index is 13.2. The van der Waals surface area contributed by atoms with Crippen LogP contribution in [0.3, 0.4) is 0 Å². The van der Waals surface area contributed by atoms with Crippen LogP contribution in [-0.4, -0.2) is 19.9 Å². The predicted octanol–water partition coefficient (Wildman–Crippen LogP) is 2.42. The fraction of sp³-hybridized carbons (Fsp3) is 0.300. The van der Waals surface area contributed by atoms with Crippen molar-refractivity contribution in [1.82, 2.24) is 0 Å². The van der Waals surface area contributed by atoms with Crippen molar-refractivity contribution in [2.24, 2.45) is 0 Å². The smallest absolute Gasteiger partial charge is 0.139 e. The lowest BCUT2D eigenvalue weighted by molar-refractivity contribution is -0.106. The average Bonchev–Trinajstić information content (AvgIpc) is 2.11. The molecule has 0 unspecified atom stereocenters. The summed E-state index contributed by atoms with van der Waals surface area (Å²) in [6.07, 6.45) is 0.744. The topological polar surface area (TPSA) is 20.3 Å². The van der Waals surface area contributed by atoms with E-state index in [-0.39, 0.29) is 12.4 Å². The van der Waals surface area contributed by atoms with Gasteiger partial charge in [-0.15, -0.1) is 0 Å². The first-order valence-electron chi connectivity index (χ1n) is 4.16. The van der Waals surface area contributed by atoms with E-state index in [0.29, 0.717) is 16.3 Å². The van der Waals surface area contributed by atoms with Gasteiger partial charge in [-0.2, -0.15) is 0 Å². The first-order chi connectivity index (χ1) is 6.56. The molecule has 1 aromatic rings. The minimum Gasteiger partial charge on any atom is -0.366 e. The van der Waals surface area contributed by atoms with E-state index in [4.69, 9.17) is 11.6 Å². The Kier molecular flexibility index (Phi) is 3.47. The molecular formula is C10H11ClFNO. The molecule has 0 aromatic heterocycles. The number of aryl methyl sites for hydroxylation is 1. The largest absolute Gasteiger partial charge is 0.366 e. The normalized spacial score (nSPS) is 10.0. The molecule has 0 radical (unpaired) electrons. The van der Waals surface area contributed by atoms with Crippen molar-refractivity contribution in [2.75, 3.05) is 18.5 Å². The second-order valence-electron chi connectivity index (χ2n) is 3.10. The van der Waals surface area contributed by atoms with E-state index in [1.54, 1.807) is 24.9 Å². The van der Waals surface area contributed by atoms with Gasteiger partial charge >= 0.3 is 0 Å². The van der Waals surface area contributed by atoms with Crippen molar-refractivity contribution in [3.05, 3.63) is 28.5 Å². The molecule has 0 heterocycles. The van der Waals surface area contributed by atoms with E-state index in [2.05, 4.69) is 0 Å². The summed E-state index contributed by atoms with van der Waals surface area (Å²) in [6, 6.07) is 2.88. The van der Waals surface area contributed by atoms with E-state index in [1.165, 1.54) is 6.07 Å². The molecule has 0 amide bonds. The first kappa shape index (κ1) is 11.0. The van der Waals surface area contributed by atoms with Gasteiger partial charge in [0.2, 0.25) is 0 Å². The van der Waals surface area contributed by atoms with Crippen LogP contribution in [0, 0.1) is 12.7 Å². The molecule has 1 aromatic carbocycles. The van der Waals surface area contributed by atoms with E-state index in [0.717, 1.165) is 6.29 Å². The second kappa shape index (κ2) is 4.42. The van der Waals surface area contributed by atoms with Crippen LogP contribution in [0.2, 0.25) is 5.02 Å². The van der Waals surface area contributed by atoms with Crippen molar-refractivity contribution < 1.29 is 9.18 Å². The van der Waals surface area contributed by atoms with E-state index in [1.807, 2.05) is 0 Å². The van der Waals surface area contributed by atoms with Crippen molar-refractivity contribution in [3.63, 3.8) is 0 Å². The summed E-state index contributed by atoms with van der Waals surface area (Å²) in [5.41, 5.74) is 1.03. The highest BCUT2D eigenvalue weighted by Crippen LogP contribution is 2.27. The highest BCUT2D eigenvalue weighted by atomic mass is 35.5. The first-order valence-corrected chi connectivity index (χ1v) is 4.54. The third-order valence-electron chi connectivity index (χ3n) is 1.99. The minimum atomic E-state index is -0.317. The lowest BCUT2D eigenvalue weighted by Gasteiger charge is -2.18. The Morgan fingerprint density at radius 3 is 2.79 bits per heavy atom. The minimum absolute atomic E-state index is 0.197. The predicted molar refractivity (Wildman–Crippen MR) is 55.5 cm³/mol. The number of carbonyl (C=O) groups excluding carboxylic acids is 1. The molecule has 2 nitrogen and oxygen atoms in total. The monoisotopic (exact) mass is 215 g/mol. The van der Waals surface area contributed by atoms with Crippen LogP contribution in [0.4, 0.5) is 10.1 Å². The van der Waals surface area contributed by atoms with E-state index in [9.17, 15) is 9.18 Å². The van der Waals surface area contributed by atoms with Crippen molar-refractivity contribution in [2.45, 2.75) is 6.92 Å². The number of carbonyl (C=O) groups is 1. The maximum Gasteiger partial charge on any atom is 0.139 e. The molecule has 0 fully saturated rings. The van der Waals surface area contributed by atoms with E-state index >= 15 is 0 Å². The Labute approximate surface area is 87.3 Å². The quantitative estimate of drug-likeness (QED) is 0.722. The molecule has 4 heteroatoms. The van der Waals surface area contributed by atoms with Crippen LogP contribution in [0.5, 0.6) is 0 Å². The van der Waals surface area contributed by atoms with Gasteiger partial charge in [0.1, 0.15) is 12.1 Å². The third-order valence-corrected chi connectivity index (χ3v) is 2.29. The van der Waals surface area contributed by atoms with Crippen LogP contribution in [0.25, 0.3) is 0 Å². The van der Waals surface area contributed by atoms with Crippen molar-refractivity contribution in [3.8, 4) is 0 Å². The Bertz CT molecular complexity index is 354. The zero-order valence-electron chi connectivity index (χ0n) is 8.05. The Hall–Kier alpha value is -1.09. The Morgan fingerprint density at radius 1 is 1.57 bits per heavy atom. The zero-order chi connectivity index (χ0) is 10.7. The number of anilines is 1. The van der Waals surface area contributed by atoms with Gasteiger partial charge in [0.15, 0.2) is 0 Å². The number of nitrogens with zero attached hydrogens (tertiary/aromatic N) is 1. The second-order valence-corrected chi connectivity index (χ2v) is 3.51. The van der Waals surface area contributed by atoms with Gasteiger partial charge in [0.25, 0.3) is 0 Å². The summed E-state index contributed by atoms with van der Waals surface area (Å²) in [5, 5.41) is 0.452. The molecule has 0 spiro atoms. The number of hydrogen-bond donors (Lipinski definition) is 0. The van der Waals surface area contributed by atoms with Gasteiger partial charge in [0, 0.05) is 7.05 Å². The van der Waals surface area contributed by atoms with Crippen LogP contribution in [0.1, 0.15) is 5.56 Å². The summed E-state index contributed by atoms with van der Waals surface area (Å²) < 4.78 is 13.2. The molecule has 14 heavy (non-hydrogen) atoms. The van der Waals surface area contributed by atoms with Gasteiger partial charge in [-0.1, -0.05) is 11.6 Å². The van der Waals surface area contributed by atoms with Gasteiger partial charge in [-0.25, -0.2) is 4.39 Å². The number of halogens is 2. The van der Waals surface area contributed by atoms with Gasteiger partial charge < -0.3 is 9.69 Å². The lowest BCUT2D eigenvalue weighted by Crippen LogP contribution is -2.19. The van der Waals surface area contributed by atoms with Crippen molar-refractivity contribution in [1.29, 1.82) is 0 Å². The summed E-state index contributed by atoms with van der Waals surface area (Å²) in [6.45, 7) is 1.84. The number of rotatable bonds is 3. The van der Waals surface area contributed by atoms with Crippen molar-refractivity contribution >= 4 is 23.6 Å². The summed E-state index contributed by atoms with van der Waals surface area (Å²) in [7, 11) is 1.68. The molecule has 0 N–H and O–H groups in total. The highest BCUT2D eigenvalue weighted by molar-refractivity contribution is 6.33. The molecule has 0 saturated heterocycles. The van der Waals surface area contributed by atoms with Crippen LogP contribution in [0.15, 0.2) is 12.1 Å². The SMILES string of the molecule is Cc1cc(Cl)c(N(C)CC=O)cc1F. The molecule has 0 aliphatic rings. The van der Waals surface area contributed by atoms with E-state index < -0.39 is 0 Å². The zero-order valence-corrected chi connectivity index (χ0v) is 8.81. The third kappa shape index (κ3) is 2.23. The molecule has 0 bridgehead atoms. The van der Waals surface area contributed by atoms with Gasteiger partial charge in [-0.3, -0.25) is 0 Å². The highest BCUT2D eigenvalue weighted by Gasteiger charge is 2.09. The fourth-order valence-corrected chi connectivity index (χ4v) is 1.50. The summed E-state index contributed by atoms with van der Waals surface area (Å²) >= 11 is 5.91. The molecule has 0 aliphatic carbocycles. The fourth-order valence-electron chi connectivity index (χ4n) is 1.14.